The minimum Gasteiger partial charge on any atom is -0.726 e. The van der Waals surface area contributed by atoms with Gasteiger partial charge < -0.3 is 42.4 Å². The monoisotopic (exact) mass is 448 g/mol. The third-order valence-electron chi connectivity index (χ3n) is 0.250. The molecule has 0 aromatic carbocycles. The smallest absolute Gasteiger partial charge is 0.726 e. The Balaban J connectivity index is -0.0000000536. The second kappa shape index (κ2) is 14.5. The molecule has 0 aromatic rings. The first kappa shape index (κ1) is 32.5. The molecular formula is Fe2O15S3. The number of rotatable bonds is 3. The van der Waals surface area contributed by atoms with Gasteiger partial charge in [0.25, 0.3) is 0 Å². The van der Waals surface area contributed by atoms with Gasteiger partial charge in [-0.15, -0.1) is 0 Å². The maximum absolute atomic E-state index is 8.91. The van der Waals surface area contributed by atoms with E-state index in [1.807, 2.05) is 0 Å². The fourth-order valence-electron chi connectivity index (χ4n) is 0. The van der Waals surface area contributed by atoms with Crippen molar-refractivity contribution in [1.29, 1.82) is 0 Å². The molecular weight excluding hydrogens is 448 g/mol. The van der Waals surface area contributed by atoms with Crippen LogP contribution in [0.15, 0.2) is 0 Å². The van der Waals surface area contributed by atoms with Gasteiger partial charge in [-0.25, -0.2) is 25.3 Å². The first-order chi connectivity index (χ1) is 7.68. The molecule has 2 radical (unpaired) electrons. The van der Waals surface area contributed by atoms with Crippen LogP contribution in [0, 0.1) is 0 Å². The van der Waals surface area contributed by atoms with E-state index in [4.69, 9.17) is 54.7 Å². The van der Waals surface area contributed by atoms with Crippen molar-refractivity contribution in [2.24, 2.45) is 0 Å². The quantitative estimate of drug-likeness (QED) is 0.128. The van der Waals surface area contributed by atoms with E-state index in [1.54, 1.807) is 0 Å². The molecule has 0 aliphatic rings. The summed E-state index contributed by atoms with van der Waals surface area (Å²) >= 11 is 0. The summed E-state index contributed by atoms with van der Waals surface area (Å²) in [4.78, 5) is 0. The molecule has 0 aromatic heterocycles. The zero-order valence-corrected chi connectivity index (χ0v) is 12.7. The second-order valence-corrected chi connectivity index (χ2v) is 4.29. The topological polar surface area (TPSA) is 268 Å². The Morgan fingerprint density at radius 2 is 0.550 bits per heavy atom. The van der Waals surface area contributed by atoms with Crippen molar-refractivity contribution in [3.05, 3.63) is 0 Å². The van der Waals surface area contributed by atoms with Crippen LogP contribution < -0.4 is 15.8 Å². The summed E-state index contributed by atoms with van der Waals surface area (Å²) < 4.78 is 86.5. The molecule has 0 N–H and O–H groups in total. The molecule has 0 spiro atoms. The van der Waals surface area contributed by atoms with Gasteiger partial charge in [-0.2, -0.15) is 0 Å². The van der Waals surface area contributed by atoms with Crippen LogP contribution in [0.1, 0.15) is 0 Å². The summed E-state index contributed by atoms with van der Waals surface area (Å²) in [6, 6.07) is 0. The van der Waals surface area contributed by atoms with Crippen LogP contribution >= 0.6 is 0 Å². The molecule has 20 heteroatoms. The molecule has 124 valence electrons. The summed E-state index contributed by atoms with van der Waals surface area (Å²) in [6.45, 7) is 0. The summed E-state index contributed by atoms with van der Waals surface area (Å²) in [7, 11) is -14.9. The van der Waals surface area contributed by atoms with E-state index < -0.39 is 31.2 Å². The van der Waals surface area contributed by atoms with Crippen LogP contribution in [0.3, 0.4) is 0 Å². The van der Waals surface area contributed by atoms with Crippen molar-refractivity contribution in [1.82, 2.24) is 0 Å². The molecule has 0 rings (SSSR count). The molecule has 15 nitrogen and oxygen atoms in total. The van der Waals surface area contributed by atoms with E-state index in [9.17, 15) is 0 Å². The Hall–Kier alpha value is 0.529. The van der Waals surface area contributed by atoms with Crippen LogP contribution in [0.25, 0.3) is 0 Å². The van der Waals surface area contributed by atoms with Crippen molar-refractivity contribution in [2.45, 2.75) is 0 Å². The van der Waals surface area contributed by atoms with Gasteiger partial charge in [-0.3, -0.25) is 0 Å². The summed E-state index contributed by atoms with van der Waals surface area (Å²) in [5.41, 5.74) is 0. The first-order valence-electron chi connectivity index (χ1n) is 2.50. The molecule has 0 heterocycles. The fraction of sp³-hybridized carbons (Fsp3) is 0. The predicted octanol–water partition coefficient (Wildman–Crippen LogP) is -6.79. The van der Waals surface area contributed by atoms with E-state index in [1.165, 1.54) is 0 Å². The number of hydrogen-bond donors (Lipinski definition) is 0. The predicted molar refractivity (Wildman–Crippen MR) is 32.3 cm³/mol. The molecule has 0 bridgehead atoms. The van der Waals surface area contributed by atoms with Gasteiger partial charge in [0.15, 0.2) is 0 Å². The van der Waals surface area contributed by atoms with Crippen molar-refractivity contribution >= 4 is 31.2 Å². The Morgan fingerprint density at radius 3 is 0.550 bits per heavy atom. The minimum atomic E-state index is -4.97. The molecule has 0 atom stereocenters. The molecule has 0 saturated carbocycles. The largest absolute Gasteiger partial charge is 3.00 e. The SMILES string of the molecule is O=S(=O)([O-])O[O-].O=S(=O)([O-])O[O-].O=S(=O)([O-])O[O-].[Fe+3].[Fe+3]. The standard InChI is InChI=1S/2Fe.3H2O5S/c;;3*1-5-6(2,3)4/h;;3*1H,(H,2,3,4)/q2*+3;;;/p-6. The van der Waals surface area contributed by atoms with Crippen molar-refractivity contribution in [3.8, 4) is 0 Å². The summed E-state index contributed by atoms with van der Waals surface area (Å²) in [5.74, 6) is 0. The van der Waals surface area contributed by atoms with Gasteiger partial charge in [0.2, 0.25) is 31.2 Å². The van der Waals surface area contributed by atoms with Crippen molar-refractivity contribution < 1.29 is 102 Å². The first-order valence-corrected chi connectivity index (χ1v) is 6.50. The number of hydrogen-bond acceptors (Lipinski definition) is 15. The van der Waals surface area contributed by atoms with E-state index >= 15 is 0 Å². The Kier molecular flexibility index (Phi) is 23.5. The Bertz CT molecular complexity index is 403. The van der Waals surface area contributed by atoms with E-state index in [0.717, 1.165) is 0 Å². The normalized spacial score (nSPS) is 10.5. The molecule has 0 unspecified atom stereocenters. The van der Waals surface area contributed by atoms with Gasteiger partial charge in [0.05, 0.1) is 0 Å². The fourth-order valence-corrected chi connectivity index (χ4v) is 0. The molecule has 0 aliphatic heterocycles. The summed E-state index contributed by atoms with van der Waals surface area (Å²) in [6.07, 6.45) is 0. The van der Waals surface area contributed by atoms with Crippen molar-refractivity contribution in [2.75, 3.05) is 0 Å². The van der Waals surface area contributed by atoms with Crippen molar-refractivity contribution in [3.63, 3.8) is 0 Å². The Morgan fingerprint density at radius 1 is 0.500 bits per heavy atom. The molecule has 0 aliphatic carbocycles. The third-order valence-corrected chi connectivity index (χ3v) is 0.750. The van der Waals surface area contributed by atoms with E-state index in [-0.39, 0.29) is 34.1 Å². The second-order valence-electron chi connectivity index (χ2n) is 1.43. The van der Waals surface area contributed by atoms with Gasteiger partial charge in [-0.05, 0) is 0 Å². The van der Waals surface area contributed by atoms with Crippen LogP contribution in [-0.2, 0) is 78.3 Å². The van der Waals surface area contributed by atoms with E-state index in [0.29, 0.717) is 0 Å². The van der Waals surface area contributed by atoms with Crippen LogP contribution in [0.5, 0.6) is 0 Å². The minimum absolute atomic E-state index is 0. The average molecular weight is 448 g/mol. The average Bonchev–Trinajstić information content (AvgIpc) is 2.16. The zero-order valence-electron chi connectivity index (χ0n) is 8.06. The molecule has 0 saturated heterocycles. The molecule has 0 amide bonds. The van der Waals surface area contributed by atoms with Crippen LogP contribution in [0.4, 0.5) is 0 Å². The molecule has 0 fully saturated rings. The van der Waals surface area contributed by atoms with E-state index in [2.05, 4.69) is 13.0 Å². The van der Waals surface area contributed by atoms with Gasteiger partial charge in [0, 0.05) is 0 Å². The van der Waals surface area contributed by atoms with Gasteiger partial charge in [0.1, 0.15) is 0 Å². The summed E-state index contributed by atoms with van der Waals surface area (Å²) in [5, 5.41) is 25.7. The maximum atomic E-state index is 8.91. The zero-order chi connectivity index (χ0) is 15.6. The van der Waals surface area contributed by atoms with Gasteiger partial charge in [-0.1, -0.05) is 0 Å². The van der Waals surface area contributed by atoms with Crippen LogP contribution in [0.2, 0.25) is 0 Å². The third kappa shape index (κ3) is 62.7. The maximum Gasteiger partial charge on any atom is 3.00 e. The molecule has 20 heavy (non-hydrogen) atoms. The Labute approximate surface area is 133 Å². The van der Waals surface area contributed by atoms with Gasteiger partial charge >= 0.3 is 34.1 Å². The van der Waals surface area contributed by atoms with Crippen LogP contribution in [-0.4, -0.2) is 38.9 Å².